The minimum atomic E-state index is -0.883. The van der Waals surface area contributed by atoms with Crippen LogP contribution in [0.25, 0.3) is 0 Å². The molecule has 0 aliphatic carbocycles. The molecule has 2 aromatic heterocycles. The zero-order valence-electron chi connectivity index (χ0n) is 11.4. The number of furan rings is 1. The molecule has 0 saturated carbocycles. The molecule has 2 heterocycles. The van der Waals surface area contributed by atoms with Crippen LogP contribution in [0.2, 0.25) is 20.2 Å². The van der Waals surface area contributed by atoms with Crippen molar-refractivity contribution in [3.05, 3.63) is 49.6 Å². The van der Waals surface area contributed by atoms with Gasteiger partial charge in [-0.3, -0.25) is 0 Å². The van der Waals surface area contributed by atoms with Crippen molar-refractivity contribution in [2.45, 2.75) is 6.61 Å². The molecule has 2 rings (SSSR count). The lowest BCUT2D eigenvalue weighted by molar-refractivity contribution is 0.0432. The van der Waals surface area contributed by atoms with E-state index in [0.29, 0.717) is 0 Å². The van der Waals surface area contributed by atoms with Gasteiger partial charge in [0.25, 0.3) is 0 Å². The highest BCUT2D eigenvalue weighted by atomic mass is 35.5. The summed E-state index contributed by atoms with van der Waals surface area (Å²) in [6.07, 6.45) is 0. The Hall–Kier alpha value is -1.47. The molecule has 6 nitrogen and oxygen atoms in total. The molecule has 0 aliphatic heterocycles. The Balaban J connectivity index is 2.11. The van der Waals surface area contributed by atoms with Gasteiger partial charge in [0.1, 0.15) is 17.5 Å². The van der Waals surface area contributed by atoms with Crippen molar-refractivity contribution < 1.29 is 23.5 Å². The molecule has 0 amide bonds. The monoisotopic (exact) mass is 397 g/mol. The van der Waals surface area contributed by atoms with E-state index in [1.165, 1.54) is 19.2 Å². The van der Waals surface area contributed by atoms with Gasteiger partial charge in [-0.25, -0.2) is 14.6 Å². The number of hydrogen-bond donors (Lipinski definition) is 0. The maximum absolute atomic E-state index is 12.0. The molecule has 10 heteroatoms. The van der Waals surface area contributed by atoms with Gasteiger partial charge in [0.2, 0.25) is 5.76 Å². The summed E-state index contributed by atoms with van der Waals surface area (Å²) < 4.78 is 14.6. The average Bonchev–Trinajstić information content (AvgIpc) is 3.02. The van der Waals surface area contributed by atoms with E-state index in [1.807, 2.05) is 0 Å². The Labute approximate surface area is 150 Å². The van der Waals surface area contributed by atoms with E-state index in [0.717, 1.165) is 0 Å². The first-order valence-corrected chi connectivity index (χ1v) is 7.40. The number of ether oxygens (including phenoxy) is 2. The SMILES string of the molecule is COC(=O)c1ccc(COC(=O)c2nc(Cl)c(Cl)c(Cl)c2Cl)o1. The number of methoxy groups -OCH3 is 1. The molecular formula is C13H7Cl4NO5. The van der Waals surface area contributed by atoms with Gasteiger partial charge in [-0.15, -0.1) is 0 Å². The first kappa shape index (κ1) is 17.9. The molecule has 0 atom stereocenters. The highest BCUT2D eigenvalue weighted by molar-refractivity contribution is 6.52. The minimum Gasteiger partial charge on any atom is -0.463 e. The quantitative estimate of drug-likeness (QED) is 0.559. The molecule has 0 saturated heterocycles. The van der Waals surface area contributed by atoms with Crippen LogP contribution in [-0.4, -0.2) is 24.0 Å². The van der Waals surface area contributed by atoms with Gasteiger partial charge in [0, 0.05) is 0 Å². The summed E-state index contributed by atoms with van der Waals surface area (Å²) >= 11 is 23.2. The number of pyridine rings is 1. The Morgan fingerprint density at radius 3 is 2.43 bits per heavy atom. The van der Waals surface area contributed by atoms with Gasteiger partial charge >= 0.3 is 11.9 Å². The van der Waals surface area contributed by atoms with E-state index in [1.54, 1.807) is 0 Å². The third-order valence-electron chi connectivity index (χ3n) is 2.57. The van der Waals surface area contributed by atoms with E-state index in [-0.39, 0.29) is 44.0 Å². The van der Waals surface area contributed by atoms with Crippen LogP contribution in [0, 0.1) is 0 Å². The number of carbonyl (C=O) groups is 2. The van der Waals surface area contributed by atoms with Crippen LogP contribution in [-0.2, 0) is 16.1 Å². The van der Waals surface area contributed by atoms with Gasteiger partial charge in [-0.05, 0) is 12.1 Å². The summed E-state index contributed by atoms with van der Waals surface area (Å²) in [5.41, 5.74) is -0.286. The summed E-state index contributed by atoms with van der Waals surface area (Å²) in [6.45, 7) is -0.258. The molecule has 0 radical (unpaired) electrons. The number of halogens is 4. The fraction of sp³-hybridized carbons (Fsp3) is 0.154. The number of carbonyl (C=O) groups excluding carboxylic acids is 2. The third-order valence-corrected chi connectivity index (χ3v) is 4.25. The zero-order valence-corrected chi connectivity index (χ0v) is 14.4. The number of esters is 2. The predicted octanol–water partition coefficient (Wildman–Crippen LogP) is 4.43. The molecule has 0 aliphatic rings. The van der Waals surface area contributed by atoms with E-state index in [4.69, 9.17) is 55.6 Å². The average molecular weight is 399 g/mol. The van der Waals surface area contributed by atoms with Crippen molar-refractivity contribution in [3.8, 4) is 0 Å². The van der Waals surface area contributed by atoms with Gasteiger partial charge in [-0.1, -0.05) is 46.4 Å². The summed E-state index contributed by atoms with van der Waals surface area (Å²) in [6, 6.07) is 2.84. The Morgan fingerprint density at radius 1 is 1.09 bits per heavy atom. The summed E-state index contributed by atoms with van der Waals surface area (Å²) in [7, 11) is 1.21. The van der Waals surface area contributed by atoms with Crippen molar-refractivity contribution in [1.29, 1.82) is 0 Å². The third kappa shape index (κ3) is 3.90. The van der Waals surface area contributed by atoms with Crippen molar-refractivity contribution in [1.82, 2.24) is 4.98 Å². The number of rotatable bonds is 4. The Kier molecular flexibility index (Phi) is 5.75. The van der Waals surface area contributed by atoms with Crippen molar-refractivity contribution in [2.75, 3.05) is 7.11 Å². The largest absolute Gasteiger partial charge is 0.463 e. The fourth-order valence-corrected chi connectivity index (χ4v) is 2.30. The van der Waals surface area contributed by atoms with Crippen LogP contribution in [0.3, 0.4) is 0 Å². The highest BCUT2D eigenvalue weighted by Crippen LogP contribution is 2.36. The van der Waals surface area contributed by atoms with E-state index in [9.17, 15) is 9.59 Å². The van der Waals surface area contributed by atoms with Gasteiger partial charge in [-0.2, -0.15) is 0 Å². The molecule has 0 bridgehead atoms. The van der Waals surface area contributed by atoms with E-state index >= 15 is 0 Å². The predicted molar refractivity (Wildman–Crippen MR) is 83.4 cm³/mol. The van der Waals surface area contributed by atoms with E-state index < -0.39 is 11.9 Å². The normalized spacial score (nSPS) is 10.5. The molecule has 0 aromatic carbocycles. The second kappa shape index (κ2) is 7.40. The topological polar surface area (TPSA) is 78.6 Å². The van der Waals surface area contributed by atoms with Crippen LogP contribution < -0.4 is 0 Å². The fourth-order valence-electron chi connectivity index (χ4n) is 1.49. The number of aromatic nitrogens is 1. The van der Waals surface area contributed by atoms with Gasteiger partial charge in [0.05, 0.1) is 22.2 Å². The van der Waals surface area contributed by atoms with Crippen LogP contribution in [0.4, 0.5) is 0 Å². The summed E-state index contributed by atoms with van der Waals surface area (Å²) in [5, 5.41) is -0.533. The molecule has 23 heavy (non-hydrogen) atoms. The summed E-state index contributed by atoms with van der Waals surface area (Å²) in [4.78, 5) is 27.0. The second-order valence-corrected chi connectivity index (χ2v) is 5.52. The van der Waals surface area contributed by atoms with Crippen LogP contribution >= 0.6 is 46.4 Å². The Bertz CT molecular complexity index is 774. The maximum atomic E-state index is 12.0. The lowest BCUT2D eigenvalue weighted by Gasteiger charge is -2.07. The van der Waals surface area contributed by atoms with Crippen LogP contribution in [0.1, 0.15) is 26.8 Å². The van der Waals surface area contributed by atoms with Gasteiger partial charge in [0.15, 0.2) is 5.69 Å². The van der Waals surface area contributed by atoms with Crippen molar-refractivity contribution in [3.63, 3.8) is 0 Å². The van der Waals surface area contributed by atoms with E-state index in [2.05, 4.69) is 9.72 Å². The molecule has 122 valence electrons. The molecule has 0 spiro atoms. The molecule has 0 unspecified atom stereocenters. The number of hydrogen-bond acceptors (Lipinski definition) is 6. The Morgan fingerprint density at radius 2 is 1.78 bits per heavy atom. The molecule has 2 aromatic rings. The zero-order chi connectivity index (χ0) is 17.1. The smallest absolute Gasteiger partial charge is 0.373 e. The minimum absolute atomic E-state index is 0.0210. The van der Waals surface area contributed by atoms with Gasteiger partial charge < -0.3 is 13.9 Å². The maximum Gasteiger partial charge on any atom is 0.373 e. The molecule has 0 N–H and O–H groups in total. The lowest BCUT2D eigenvalue weighted by Crippen LogP contribution is -2.09. The van der Waals surface area contributed by atoms with Crippen LogP contribution in [0.15, 0.2) is 16.5 Å². The first-order chi connectivity index (χ1) is 10.8. The number of nitrogens with zero attached hydrogens (tertiary/aromatic N) is 1. The standard InChI is InChI=1S/C13H7Cl4NO5/c1-21-12(19)6-3-2-5(23-6)4-22-13(20)10-8(15)7(14)9(16)11(17)18-10/h2-3H,4H2,1H3. The second-order valence-electron chi connectivity index (χ2n) is 4.03. The first-order valence-electron chi connectivity index (χ1n) is 5.89. The van der Waals surface area contributed by atoms with Crippen LogP contribution in [0.5, 0.6) is 0 Å². The molecule has 0 fully saturated rings. The molecular weight excluding hydrogens is 392 g/mol. The van der Waals surface area contributed by atoms with Crippen molar-refractivity contribution >= 4 is 58.3 Å². The highest BCUT2D eigenvalue weighted by Gasteiger charge is 2.22. The summed E-state index contributed by atoms with van der Waals surface area (Å²) in [5.74, 6) is -1.33. The lowest BCUT2D eigenvalue weighted by atomic mass is 10.3. The van der Waals surface area contributed by atoms with Crippen molar-refractivity contribution in [2.24, 2.45) is 0 Å².